The van der Waals surface area contributed by atoms with Crippen molar-refractivity contribution in [1.82, 2.24) is 19.1 Å². The van der Waals surface area contributed by atoms with Gasteiger partial charge in [0, 0.05) is 42.3 Å². The molecule has 4 heterocycles. The number of rotatable bonds is 3. The van der Waals surface area contributed by atoms with Crippen LogP contribution in [0.4, 0.5) is 0 Å². The van der Waals surface area contributed by atoms with Gasteiger partial charge in [0.15, 0.2) is 0 Å². The van der Waals surface area contributed by atoms with Crippen LogP contribution in [0.2, 0.25) is 0 Å². The van der Waals surface area contributed by atoms with Gasteiger partial charge in [-0.15, -0.1) is 0 Å². The lowest BCUT2D eigenvalue weighted by Crippen LogP contribution is -2.47. The SMILES string of the molecule is Cn1nccc1C1C[C@H]2CC[C@@H](C1)N2C(=O)Cc1nsc2ccccc12. The van der Waals surface area contributed by atoms with Crippen LogP contribution in [0.3, 0.4) is 0 Å². The van der Waals surface area contributed by atoms with Crippen LogP contribution in [0.5, 0.6) is 0 Å². The molecule has 2 fully saturated rings. The Hall–Kier alpha value is -2.21. The van der Waals surface area contributed by atoms with E-state index in [1.54, 1.807) is 0 Å². The largest absolute Gasteiger partial charge is 0.336 e. The number of carbonyl (C=O) groups is 1. The minimum absolute atomic E-state index is 0.247. The fourth-order valence-electron chi connectivity index (χ4n) is 4.91. The Bertz CT molecular complexity index is 948. The Morgan fingerprint density at radius 2 is 1.96 bits per heavy atom. The highest BCUT2D eigenvalue weighted by Crippen LogP contribution is 2.43. The second kappa shape index (κ2) is 6.20. The summed E-state index contributed by atoms with van der Waals surface area (Å²) >= 11 is 1.49. The van der Waals surface area contributed by atoms with E-state index in [1.165, 1.54) is 17.2 Å². The number of nitrogens with zero attached hydrogens (tertiary/aromatic N) is 4. The Balaban J connectivity index is 1.35. The van der Waals surface area contributed by atoms with E-state index < -0.39 is 0 Å². The molecule has 0 N–H and O–H groups in total. The first kappa shape index (κ1) is 16.0. The zero-order chi connectivity index (χ0) is 17.7. The normalized spacial score (nSPS) is 25.1. The number of hydrogen-bond acceptors (Lipinski definition) is 4. The summed E-state index contributed by atoms with van der Waals surface area (Å²) in [4.78, 5) is 15.3. The fourth-order valence-corrected chi connectivity index (χ4v) is 5.71. The molecule has 2 saturated heterocycles. The average molecular weight is 366 g/mol. The maximum absolute atomic E-state index is 13.1. The lowest BCUT2D eigenvalue weighted by Gasteiger charge is -2.39. The zero-order valence-corrected chi connectivity index (χ0v) is 15.7. The van der Waals surface area contributed by atoms with Crippen molar-refractivity contribution in [3.8, 4) is 0 Å². The van der Waals surface area contributed by atoms with Gasteiger partial charge in [0.1, 0.15) is 0 Å². The first-order valence-electron chi connectivity index (χ1n) is 9.33. The van der Waals surface area contributed by atoms with Gasteiger partial charge >= 0.3 is 0 Å². The van der Waals surface area contributed by atoms with Crippen LogP contribution in [0.1, 0.15) is 43.0 Å². The van der Waals surface area contributed by atoms with Crippen LogP contribution in [0, 0.1) is 0 Å². The van der Waals surface area contributed by atoms with Crippen LogP contribution in [-0.2, 0) is 18.3 Å². The van der Waals surface area contributed by atoms with Crippen molar-refractivity contribution in [2.45, 2.75) is 50.1 Å². The molecular formula is C20H22N4OS. The number of amides is 1. The molecule has 1 aromatic carbocycles. The maximum atomic E-state index is 13.1. The fraction of sp³-hybridized carbons (Fsp3) is 0.450. The molecule has 6 heteroatoms. The van der Waals surface area contributed by atoms with Crippen molar-refractivity contribution in [3.05, 3.63) is 47.9 Å². The molecule has 134 valence electrons. The third-order valence-electron chi connectivity index (χ3n) is 6.07. The Labute approximate surface area is 156 Å². The first-order chi connectivity index (χ1) is 12.7. The Morgan fingerprint density at radius 3 is 2.69 bits per heavy atom. The molecule has 3 atom stereocenters. The number of benzene rings is 1. The number of hydrogen-bond donors (Lipinski definition) is 0. The molecule has 2 bridgehead atoms. The molecular weight excluding hydrogens is 344 g/mol. The van der Waals surface area contributed by atoms with Crippen molar-refractivity contribution in [2.24, 2.45) is 7.05 Å². The molecule has 2 aromatic heterocycles. The van der Waals surface area contributed by atoms with E-state index >= 15 is 0 Å². The number of fused-ring (bicyclic) bond motifs is 3. The molecule has 5 nitrogen and oxygen atoms in total. The van der Waals surface area contributed by atoms with Crippen LogP contribution >= 0.6 is 11.5 Å². The van der Waals surface area contributed by atoms with Crippen LogP contribution < -0.4 is 0 Å². The molecule has 1 unspecified atom stereocenters. The maximum Gasteiger partial charge on any atom is 0.229 e. The predicted octanol–water partition coefficient (Wildman–Crippen LogP) is 3.51. The lowest BCUT2D eigenvalue weighted by atomic mass is 9.87. The van der Waals surface area contributed by atoms with E-state index in [0.29, 0.717) is 24.4 Å². The average Bonchev–Trinajstić information content (AvgIpc) is 3.32. The van der Waals surface area contributed by atoms with Gasteiger partial charge in [-0.3, -0.25) is 9.48 Å². The van der Waals surface area contributed by atoms with Crippen molar-refractivity contribution < 1.29 is 4.79 Å². The minimum Gasteiger partial charge on any atom is -0.336 e. The molecule has 1 amide bonds. The number of aromatic nitrogens is 3. The van der Waals surface area contributed by atoms with Crippen molar-refractivity contribution in [2.75, 3.05) is 0 Å². The van der Waals surface area contributed by atoms with Gasteiger partial charge in [-0.2, -0.15) is 9.47 Å². The van der Waals surface area contributed by atoms with Gasteiger partial charge in [0.25, 0.3) is 0 Å². The Morgan fingerprint density at radius 1 is 1.19 bits per heavy atom. The second-order valence-corrected chi connectivity index (χ2v) is 8.34. The van der Waals surface area contributed by atoms with E-state index in [0.717, 1.165) is 41.5 Å². The molecule has 2 aliphatic heterocycles. The monoisotopic (exact) mass is 366 g/mol. The third-order valence-corrected chi connectivity index (χ3v) is 6.93. The molecule has 0 radical (unpaired) electrons. The predicted molar refractivity (Wildman–Crippen MR) is 102 cm³/mol. The summed E-state index contributed by atoms with van der Waals surface area (Å²) in [7, 11) is 2.02. The topological polar surface area (TPSA) is 51.0 Å². The summed E-state index contributed by atoms with van der Waals surface area (Å²) in [6, 6.07) is 11.1. The minimum atomic E-state index is 0.247. The lowest BCUT2D eigenvalue weighted by molar-refractivity contribution is -0.135. The van der Waals surface area contributed by atoms with E-state index in [1.807, 2.05) is 30.1 Å². The summed E-state index contributed by atoms with van der Waals surface area (Å²) in [6.07, 6.45) is 6.67. The van der Waals surface area contributed by atoms with Gasteiger partial charge < -0.3 is 4.90 Å². The van der Waals surface area contributed by atoms with Crippen LogP contribution in [-0.4, -0.2) is 37.0 Å². The summed E-state index contributed by atoms with van der Waals surface area (Å²) in [5, 5.41) is 5.45. The van der Waals surface area contributed by atoms with Crippen molar-refractivity contribution >= 4 is 27.5 Å². The standard InChI is InChI=1S/C20H22N4OS/c1-23-18(8-9-21-23)13-10-14-6-7-15(11-13)24(14)20(25)12-17-16-4-2-3-5-19(16)26-22-17/h2-5,8-9,13-15H,6-7,10-12H2,1H3/t13?,14-,15+. The van der Waals surface area contributed by atoms with Crippen molar-refractivity contribution in [1.29, 1.82) is 0 Å². The molecule has 0 saturated carbocycles. The van der Waals surface area contributed by atoms with E-state index in [-0.39, 0.29) is 5.91 Å². The van der Waals surface area contributed by atoms with Crippen molar-refractivity contribution in [3.63, 3.8) is 0 Å². The number of carbonyl (C=O) groups excluding carboxylic acids is 1. The smallest absolute Gasteiger partial charge is 0.229 e. The highest BCUT2D eigenvalue weighted by atomic mass is 32.1. The van der Waals surface area contributed by atoms with E-state index in [9.17, 15) is 4.79 Å². The summed E-state index contributed by atoms with van der Waals surface area (Å²) in [5.74, 6) is 0.765. The van der Waals surface area contributed by atoms with Gasteiger partial charge in [0.05, 0.1) is 16.8 Å². The summed E-state index contributed by atoms with van der Waals surface area (Å²) < 4.78 is 7.70. The van der Waals surface area contributed by atoms with Gasteiger partial charge in [0.2, 0.25) is 5.91 Å². The molecule has 0 spiro atoms. The van der Waals surface area contributed by atoms with E-state index in [2.05, 4.69) is 32.6 Å². The Kier molecular flexibility index (Phi) is 3.81. The quantitative estimate of drug-likeness (QED) is 0.713. The summed E-state index contributed by atoms with van der Waals surface area (Å²) in [6.45, 7) is 0. The molecule has 26 heavy (non-hydrogen) atoms. The summed E-state index contributed by atoms with van der Waals surface area (Å²) in [5.41, 5.74) is 2.24. The molecule has 3 aromatic rings. The van der Waals surface area contributed by atoms with Gasteiger partial charge in [-0.05, 0) is 49.3 Å². The van der Waals surface area contributed by atoms with E-state index in [4.69, 9.17) is 0 Å². The van der Waals surface area contributed by atoms with Gasteiger partial charge in [-0.25, -0.2) is 0 Å². The van der Waals surface area contributed by atoms with Gasteiger partial charge in [-0.1, -0.05) is 18.2 Å². The highest BCUT2D eigenvalue weighted by molar-refractivity contribution is 7.13. The van der Waals surface area contributed by atoms with Crippen LogP contribution in [0.25, 0.3) is 10.1 Å². The highest BCUT2D eigenvalue weighted by Gasteiger charge is 2.44. The second-order valence-electron chi connectivity index (χ2n) is 7.54. The number of aryl methyl sites for hydroxylation is 1. The third kappa shape index (κ3) is 2.55. The van der Waals surface area contributed by atoms with Crippen LogP contribution in [0.15, 0.2) is 36.5 Å². The first-order valence-corrected chi connectivity index (χ1v) is 10.1. The molecule has 5 rings (SSSR count). The molecule has 0 aliphatic carbocycles. The number of piperidine rings is 1. The molecule has 2 aliphatic rings. The zero-order valence-electron chi connectivity index (χ0n) is 14.8.